The van der Waals surface area contributed by atoms with Crippen LogP contribution in [0.2, 0.25) is 0 Å². The Labute approximate surface area is 143 Å². The molecule has 1 fully saturated rings. The van der Waals surface area contributed by atoms with Gasteiger partial charge in [-0.15, -0.1) is 0 Å². The summed E-state index contributed by atoms with van der Waals surface area (Å²) in [5.41, 5.74) is 2.21. The number of rotatable bonds is 10. The molecule has 1 aromatic rings. The Morgan fingerprint density at radius 3 is 2.62 bits per heavy atom. The second-order valence-electron chi connectivity index (χ2n) is 6.76. The highest BCUT2D eigenvalue weighted by Gasteiger charge is 2.45. The van der Waals surface area contributed by atoms with Crippen molar-refractivity contribution in [1.82, 2.24) is 5.32 Å². The van der Waals surface area contributed by atoms with E-state index in [4.69, 9.17) is 5.11 Å². The average Bonchev–Trinajstić information content (AvgIpc) is 3.32. The minimum atomic E-state index is -0.935. The van der Waals surface area contributed by atoms with Crippen LogP contribution in [-0.2, 0) is 16.0 Å². The summed E-state index contributed by atoms with van der Waals surface area (Å²) < 4.78 is 0. The van der Waals surface area contributed by atoms with Gasteiger partial charge in [-0.2, -0.15) is 0 Å². The van der Waals surface area contributed by atoms with E-state index in [-0.39, 0.29) is 12.0 Å². The molecule has 0 spiro atoms. The number of hydrogen-bond acceptors (Lipinski definition) is 3. The lowest BCUT2D eigenvalue weighted by atomic mass is 9.91. The Bertz CT molecular complexity index is 586. The van der Waals surface area contributed by atoms with Crippen LogP contribution < -0.4 is 5.32 Å². The van der Waals surface area contributed by atoms with Crippen molar-refractivity contribution in [3.63, 3.8) is 0 Å². The molecule has 1 aliphatic rings. The zero-order valence-electron chi connectivity index (χ0n) is 14.4. The molecular weight excluding hydrogens is 306 g/mol. The van der Waals surface area contributed by atoms with E-state index in [1.807, 2.05) is 19.1 Å². The van der Waals surface area contributed by atoms with Crippen molar-refractivity contribution < 1.29 is 19.8 Å². The molecule has 5 nitrogen and oxygen atoms in total. The van der Waals surface area contributed by atoms with Crippen LogP contribution in [0.1, 0.15) is 56.6 Å². The molecule has 0 saturated heterocycles. The summed E-state index contributed by atoms with van der Waals surface area (Å²) in [4.78, 5) is 22.6. The van der Waals surface area contributed by atoms with Gasteiger partial charge < -0.3 is 15.5 Å². The average molecular weight is 333 g/mol. The third kappa shape index (κ3) is 4.81. The molecule has 0 aromatic heterocycles. The first-order valence-corrected chi connectivity index (χ1v) is 8.74. The van der Waals surface area contributed by atoms with Gasteiger partial charge in [0, 0.05) is 12.0 Å². The van der Waals surface area contributed by atoms with Gasteiger partial charge in [-0.25, -0.2) is 0 Å². The van der Waals surface area contributed by atoms with Crippen molar-refractivity contribution in [2.24, 2.45) is 5.92 Å². The lowest BCUT2D eigenvalue weighted by Crippen LogP contribution is -2.43. The molecule has 0 radical (unpaired) electrons. The number of benzene rings is 1. The van der Waals surface area contributed by atoms with E-state index in [9.17, 15) is 14.7 Å². The fourth-order valence-corrected chi connectivity index (χ4v) is 3.12. The van der Waals surface area contributed by atoms with Gasteiger partial charge in [-0.1, -0.05) is 51.0 Å². The molecule has 4 unspecified atom stereocenters. The lowest BCUT2D eigenvalue weighted by Gasteiger charge is -2.22. The smallest absolute Gasteiger partial charge is 0.321 e. The third-order valence-electron chi connectivity index (χ3n) is 4.81. The van der Waals surface area contributed by atoms with E-state index in [1.165, 1.54) is 18.4 Å². The molecule has 132 valence electrons. The molecule has 1 aliphatic carbocycles. The lowest BCUT2D eigenvalue weighted by molar-refractivity contribution is -0.141. The van der Waals surface area contributed by atoms with E-state index in [0.29, 0.717) is 6.42 Å². The van der Waals surface area contributed by atoms with Crippen molar-refractivity contribution in [2.75, 3.05) is 0 Å². The maximum atomic E-state index is 11.6. The van der Waals surface area contributed by atoms with Crippen molar-refractivity contribution in [1.29, 1.82) is 0 Å². The minimum absolute atomic E-state index is 0.219. The fraction of sp³-hybridized carbons (Fsp3) is 0.579. The number of hydrogen-bond donors (Lipinski definition) is 3. The molecule has 2 rings (SSSR count). The van der Waals surface area contributed by atoms with Gasteiger partial charge in [0.25, 0.3) is 0 Å². The van der Waals surface area contributed by atoms with Crippen LogP contribution in [0.4, 0.5) is 0 Å². The van der Waals surface area contributed by atoms with Crippen LogP contribution in [0, 0.1) is 5.92 Å². The van der Waals surface area contributed by atoms with Crippen LogP contribution in [0.25, 0.3) is 0 Å². The van der Waals surface area contributed by atoms with Crippen molar-refractivity contribution in [3.8, 4) is 0 Å². The molecule has 3 N–H and O–H groups in total. The summed E-state index contributed by atoms with van der Waals surface area (Å²) in [5, 5.41) is 21.5. The Hall–Kier alpha value is -1.88. The Kier molecular flexibility index (Phi) is 6.37. The SMILES string of the molecule is CCCCCc1cccc(C(C)C(NC2CC2C(=O)O)C(=O)O)c1. The quantitative estimate of drug-likeness (QED) is 0.573. The predicted molar refractivity (Wildman–Crippen MR) is 92.2 cm³/mol. The van der Waals surface area contributed by atoms with Crippen LogP contribution in [0.3, 0.4) is 0 Å². The molecule has 1 saturated carbocycles. The van der Waals surface area contributed by atoms with Gasteiger partial charge in [0.1, 0.15) is 6.04 Å². The first-order chi connectivity index (χ1) is 11.4. The molecule has 0 bridgehead atoms. The summed E-state index contributed by atoms with van der Waals surface area (Å²) in [6.07, 6.45) is 5.01. The summed E-state index contributed by atoms with van der Waals surface area (Å²) >= 11 is 0. The zero-order chi connectivity index (χ0) is 17.7. The maximum Gasteiger partial charge on any atom is 0.321 e. The summed E-state index contributed by atoms with van der Waals surface area (Å²) in [5.74, 6) is -2.47. The first kappa shape index (κ1) is 18.5. The van der Waals surface area contributed by atoms with Crippen molar-refractivity contribution >= 4 is 11.9 Å². The topological polar surface area (TPSA) is 86.6 Å². The maximum absolute atomic E-state index is 11.6. The monoisotopic (exact) mass is 333 g/mol. The van der Waals surface area contributed by atoms with E-state index >= 15 is 0 Å². The van der Waals surface area contributed by atoms with Gasteiger partial charge in [-0.05, 0) is 30.4 Å². The van der Waals surface area contributed by atoms with Gasteiger partial charge >= 0.3 is 11.9 Å². The van der Waals surface area contributed by atoms with E-state index in [2.05, 4.69) is 24.4 Å². The normalized spacial score (nSPS) is 21.9. The molecule has 0 amide bonds. The highest BCUT2D eigenvalue weighted by Crippen LogP contribution is 2.32. The standard InChI is InChI=1S/C19H27NO4/c1-3-4-5-7-13-8-6-9-14(10-13)12(2)17(19(23)24)20-16-11-15(16)18(21)22/h6,8-10,12,15-17,20H,3-5,7,11H2,1-2H3,(H,21,22)(H,23,24). The van der Waals surface area contributed by atoms with E-state index in [0.717, 1.165) is 18.4 Å². The Morgan fingerprint density at radius 1 is 1.29 bits per heavy atom. The van der Waals surface area contributed by atoms with Gasteiger partial charge in [0.15, 0.2) is 0 Å². The summed E-state index contributed by atoms with van der Waals surface area (Å²) in [7, 11) is 0. The highest BCUT2D eigenvalue weighted by atomic mass is 16.4. The van der Waals surface area contributed by atoms with Crippen LogP contribution in [0.5, 0.6) is 0 Å². The Balaban J connectivity index is 2.03. The van der Waals surface area contributed by atoms with Crippen molar-refractivity contribution in [3.05, 3.63) is 35.4 Å². The molecule has 0 heterocycles. The first-order valence-electron chi connectivity index (χ1n) is 8.74. The van der Waals surface area contributed by atoms with Crippen LogP contribution >= 0.6 is 0 Å². The van der Waals surface area contributed by atoms with E-state index in [1.54, 1.807) is 0 Å². The van der Waals surface area contributed by atoms with Gasteiger partial charge in [-0.3, -0.25) is 9.59 Å². The Morgan fingerprint density at radius 2 is 2.04 bits per heavy atom. The number of nitrogens with one attached hydrogen (secondary N) is 1. The summed E-state index contributed by atoms with van der Waals surface area (Å²) in [6, 6.07) is 7.08. The van der Waals surface area contributed by atoms with Crippen LogP contribution in [0.15, 0.2) is 24.3 Å². The number of aliphatic carboxylic acids is 2. The van der Waals surface area contributed by atoms with E-state index < -0.39 is 23.9 Å². The fourth-order valence-electron chi connectivity index (χ4n) is 3.12. The third-order valence-corrected chi connectivity index (χ3v) is 4.81. The predicted octanol–water partition coefficient (Wildman–Crippen LogP) is 3.04. The number of carboxylic acid groups (broad SMARTS) is 2. The molecular formula is C19H27NO4. The second kappa shape index (κ2) is 8.29. The van der Waals surface area contributed by atoms with Crippen LogP contribution in [-0.4, -0.2) is 34.2 Å². The zero-order valence-corrected chi connectivity index (χ0v) is 14.4. The number of unbranched alkanes of at least 4 members (excludes halogenated alkanes) is 2. The second-order valence-corrected chi connectivity index (χ2v) is 6.76. The number of aryl methyl sites for hydroxylation is 1. The van der Waals surface area contributed by atoms with Crippen molar-refractivity contribution in [2.45, 2.75) is 64.0 Å². The molecule has 0 aliphatic heterocycles. The summed E-state index contributed by atoms with van der Waals surface area (Å²) in [6.45, 7) is 4.05. The minimum Gasteiger partial charge on any atom is -0.481 e. The molecule has 1 aromatic carbocycles. The largest absolute Gasteiger partial charge is 0.481 e. The highest BCUT2D eigenvalue weighted by molar-refractivity contribution is 5.77. The number of carboxylic acids is 2. The molecule has 5 heteroatoms. The number of carbonyl (C=O) groups is 2. The molecule has 24 heavy (non-hydrogen) atoms. The molecule has 4 atom stereocenters. The van der Waals surface area contributed by atoms with Gasteiger partial charge in [0.2, 0.25) is 0 Å². The van der Waals surface area contributed by atoms with Gasteiger partial charge in [0.05, 0.1) is 5.92 Å².